The number of ether oxygens (including phenoxy) is 2. The molecule has 39 heavy (non-hydrogen) atoms. The van der Waals surface area contributed by atoms with E-state index in [4.69, 9.17) is 9.47 Å². The van der Waals surface area contributed by atoms with Gasteiger partial charge in [0.1, 0.15) is 12.2 Å². The molecule has 0 bridgehead atoms. The van der Waals surface area contributed by atoms with Crippen LogP contribution in [0.5, 0.6) is 0 Å². The number of nitrogens with one attached hydrogen (secondary N) is 1. The zero-order chi connectivity index (χ0) is 28.1. The van der Waals surface area contributed by atoms with Crippen LogP contribution in [0.2, 0.25) is 0 Å². The molecule has 0 aliphatic carbocycles. The Morgan fingerprint density at radius 1 is 0.897 bits per heavy atom. The van der Waals surface area contributed by atoms with Crippen molar-refractivity contribution in [3.05, 3.63) is 108 Å². The van der Waals surface area contributed by atoms with Crippen LogP contribution in [0.15, 0.2) is 91.0 Å². The van der Waals surface area contributed by atoms with Crippen molar-refractivity contribution >= 4 is 27.6 Å². The average Bonchev–Trinajstić information content (AvgIpc) is 3.35. The number of carbonyl (C=O) groups excluding carboxylic acids is 1. The summed E-state index contributed by atoms with van der Waals surface area (Å²) in [5, 5.41) is 3.46. The van der Waals surface area contributed by atoms with Gasteiger partial charge in [0.15, 0.2) is 15.3 Å². The van der Waals surface area contributed by atoms with Gasteiger partial charge in [-0.25, -0.2) is 13.2 Å². The third kappa shape index (κ3) is 7.31. The van der Waals surface area contributed by atoms with Crippen LogP contribution in [0.25, 0.3) is 0 Å². The van der Waals surface area contributed by atoms with Crippen molar-refractivity contribution in [3.63, 3.8) is 0 Å². The monoisotopic (exact) mass is 567 g/mol. The standard InChI is InChI=1S/C31H37NO5S2/c1-30(2,3)37-28(33)22-36-29(39(4,34)35)27-20-26(21-32-27)38-31(23-14-8-5-9-15-23,24-16-10-6-11-17-24)25-18-12-7-13-19-25/h5-19,26-27,29,32H,20-22H2,1-4H3. The molecule has 3 unspecified atom stereocenters. The lowest BCUT2D eigenvalue weighted by atomic mass is 9.84. The van der Waals surface area contributed by atoms with Gasteiger partial charge in [0, 0.05) is 24.1 Å². The molecule has 1 fully saturated rings. The Bertz CT molecular complexity index is 1230. The Labute approximate surface area is 236 Å². The van der Waals surface area contributed by atoms with Crippen molar-refractivity contribution in [2.24, 2.45) is 0 Å². The molecule has 1 aliphatic rings. The topological polar surface area (TPSA) is 81.7 Å². The highest BCUT2D eigenvalue weighted by molar-refractivity contribution is 8.01. The van der Waals surface area contributed by atoms with E-state index in [0.717, 1.165) is 22.9 Å². The molecule has 0 radical (unpaired) electrons. The third-order valence-electron chi connectivity index (χ3n) is 6.54. The summed E-state index contributed by atoms with van der Waals surface area (Å²) in [5.41, 5.74) is 1.62. The van der Waals surface area contributed by atoms with E-state index in [1.54, 1.807) is 20.8 Å². The molecule has 1 aliphatic heterocycles. The van der Waals surface area contributed by atoms with E-state index in [1.165, 1.54) is 0 Å². The van der Waals surface area contributed by atoms with E-state index in [1.807, 2.05) is 30.0 Å². The Hall–Kier alpha value is -2.65. The molecular weight excluding hydrogens is 530 g/mol. The molecule has 0 saturated carbocycles. The predicted octanol–water partition coefficient (Wildman–Crippen LogP) is 5.17. The van der Waals surface area contributed by atoms with Crippen molar-refractivity contribution in [3.8, 4) is 0 Å². The lowest BCUT2D eigenvalue weighted by Crippen LogP contribution is -2.43. The molecule has 208 valence electrons. The number of sulfone groups is 1. The van der Waals surface area contributed by atoms with Crippen molar-refractivity contribution in [2.45, 2.75) is 54.3 Å². The van der Waals surface area contributed by atoms with Gasteiger partial charge in [-0.3, -0.25) is 0 Å². The summed E-state index contributed by atoms with van der Waals surface area (Å²) in [4.78, 5) is 12.3. The van der Waals surface area contributed by atoms with Gasteiger partial charge in [-0.2, -0.15) is 0 Å². The Morgan fingerprint density at radius 2 is 1.36 bits per heavy atom. The molecule has 1 N–H and O–H groups in total. The van der Waals surface area contributed by atoms with Crippen molar-refractivity contribution in [2.75, 3.05) is 19.4 Å². The molecule has 1 heterocycles. The lowest BCUT2D eigenvalue weighted by molar-refractivity contribution is -0.161. The zero-order valence-electron chi connectivity index (χ0n) is 22.9. The molecule has 0 aromatic heterocycles. The Morgan fingerprint density at radius 3 is 1.77 bits per heavy atom. The molecule has 3 aromatic rings. The van der Waals surface area contributed by atoms with Crippen molar-refractivity contribution < 1.29 is 22.7 Å². The fraction of sp³-hybridized carbons (Fsp3) is 0.387. The molecule has 3 aromatic carbocycles. The number of rotatable bonds is 10. The van der Waals surface area contributed by atoms with E-state index in [2.05, 4.69) is 78.1 Å². The number of benzene rings is 3. The van der Waals surface area contributed by atoms with Gasteiger partial charge in [0.2, 0.25) is 0 Å². The van der Waals surface area contributed by atoms with Crippen LogP contribution in [0, 0.1) is 0 Å². The maximum absolute atomic E-state index is 12.7. The SMILES string of the molecule is CC(C)(C)OC(=O)COC(C1CC(SC(c2ccccc2)(c2ccccc2)c2ccccc2)CN1)S(C)(=O)=O. The second-order valence-corrected chi connectivity index (χ2v) is 14.5. The molecule has 4 rings (SSSR count). The second kappa shape index (κ2) is 12.3. The fourth-order valence-corrected chi connectivity index (χ4v) is 7.98. The van der Waals surface area contributed by atoms with Gasteiger partial charge in [-0.15, -0.1) is 11.8 Å². The van der Waals surface area contributed by atoms with Crippen LogP contribution < -0.4 is 5.32 Å². The second-order valence-electron chi connectivity index (χ2n) is 10.9. The van der Waals surface area contributed by atoms with Crippen LogP contribution in [0.1, 0.15) is 43.9 Å². The van der Waals surface area contributed by atoms with Gasteiger partial charge < -0.3 is 14.8 Å². The molecule has 0 spiro atoms. The van der Waals surface area contributed by atoms with Gasteiger partial charge >= 0.3 is 5.97 Å². The first kappa shape index (κ1) is 29.3. The number of hydrogen-bond acceptors (Lipinski definition) is 7. The number of thioether (sulfide) groups is 1. The van der Waals surface area contributed by atoms with Crippen LogP contribution >= 0.6 is 11.8 Å². The molecule has 8 heteroatoms. The van der Waals surface area contributed by atoms with E-state index in [-0.39, 0.29) is 5.25 Å². The highest BCUT2D eigenvalue weighted by Crippen LogP contribution is 2.51. The first-order valence-electron chi connectivity index (χ1n) is 13.1. The van der Waals surface area contributed by atoms with Crippen molar-refractivity contribution in [1.82, 2.24) is 5.32 Å². The maximum atomic E-state index is 12.7. The fourth-order valence-electron chi connectivity index (χ4n) is 5.06. The van der Waals surface area contributed by atoms with E-state index >= 15 is 0 Å². The average molecular weight is 568 g/mol. The van der Waals surface area contributed by atoms with E-state index in [9.17, 15) is 13.2 Å². The lowest BCUT2D eigenvalue weighted by Gasteiger charge is -2.37. The predicted molar refractivity (Wildman–Crippen MR) is 157 cm³/mol. The minimum absolute atomic E-state index is 0.0741. The summed E-state index contributed by atoms with van der Waals surface area (Å²) in [7, 11) is -3.61. The number of esters is 1. The smallest absolute Gasteiger partial charge is 0.332 e. The highest BCUT2D eigenvalue weighted by atomic mass is 32.2. The van der Waals surface area contributed by atoms with Crippen LogP contribution in [-0.2, 0) is 28.9 Å². The summed E-state index contributed by atoms with van der Waals surface area (Å²) in [6.07, 6.45) is 1.71. The minimum Gasteiger partial charge on any atom is -0.458 e. The van der Waals surface area contributed by atoms with Gasteiger partial charge in [-0.05, 0) is 43.9 Å². The van der Waals surface area contributed by atoms with Gasteiger partial charge in [0.05, 0.1) is 4.75 Å². The maximum Gasteiger partial charge on any atom is 0.332 e. The molecule has 3 atom stereocenters. The van der Waals surface area contributed by atoms with E-state index in [0.29, 0.717) is 13.0 Å². The normalized spacial score (nSPS) is 19.0. The minimum atomic E-state index is -3.61. The zero-order valence-corrected chi connectivity index (χ0v) is 24.5. The quantitative estimate of drug-likeness (QED) is 0.267. The van der Waals surface area contributed by atoms with Crippen molar-refractivity contribution in [1.29, 1.82) is 0 Å². The van der Waals surface area contributed by atoms with Gasteiger partial charge in [-0.1, -0.05) is 91.0 Å². The summed E-state index contributed by atoms with van der Waals surface area (Å²) >= 11 is 1.82. The molecule has 6 nitrogen and oxygen atoms in total. The van der Waals surface area contributed by atoms with Crippen LogP contribution in [-0.4, -0.2) is 56.1 Å². The van der Waals surface area contributed by atoms with Crippen LogP contribution in [0.3, 0.4) is 0 Å². The third-order valence-corrected chi connectivity index (χ3v) is 9.61. The summed E-state index contributed by atoms with van der Waals surface area (Å²) in [6, 6.07) is 30.8. The molecule has 0 amide bonds. The number of hydrogen-bond donors (Lipinski definition) is 1. The molecular formula is C31H37NO5S2. The first-order chi connectivity index (χ1) is 18.5. The first-order valence-corrected chi connectivity index (χ1v) is 15.9. The highest BCUT2D eigenvalue weighted by Gasteiger charge is 2.44. The largest absolute Gasteiger partial charge is 0.458 e. The Balaban J connectivity index is 1.63. The summed E-state index contributed by atoms with van der Waals surface area (Å²) in [6.45, 7) is 5.46. The molecule has 1 saturated heterocycles. The van der Waals surface area contributed by atoms with Gasteiger partial charge in [0.25, 0.3) is 0 Å². The Kier molecular flexibility index (Phi) is 9.21. The van der Waals surface area contributed by atoms with E-state index < -0.39 is 44.2 Å². The number of carbonyl (C=O) groups is 1. The summed E-state index contributed by atoms with van der Waals surface area (Å²) < 4.78 is 36.0. The van der Waals surface area contributed by atoms with Crippen LogP contribution in [0.4, 0.5) is 0 Å². The summed E-state index contributed by atoms with van der Waals surface area (Å²) in [5.74, 6) is -0.587.